The molecule has 138 valence electrons. The Balaban J connectivity index is 1.58. The van der Waals surface area contributed by atoms with Gasteiger partial charge in [-0.25, -0.2) is 4.39 Å². The maximum Gasteiger partial charge on any atom is 0.230 e. The SMILES string of the molecule is O=C(CSc1ccc(F)cc1)NC(CN1CCOCC1)c1ccccc1. The molecule has 1 aliphatic heterocycles. The summed E-state index contributed by atoms with van der Waals surface area (Å²) in [6.07, 6.45) is 0. The second-order valence-corrected chi connectivity index (χ2v) is 7.24. The van der Waals surface area contributed by atoms with Gasteiger partial charge in [-0.1, -0.05) is 30.3 Å². The molecule has 0 aliphatic carbocycles. The number of halogens is 1. The van der Waals surface area contributed by atoms with Gasteiger partial charge in [-0.3, -0.25) is 9.69 Å². The number of benzene rings is 2. The van der Waals surface area contributed by atoms with Crippen molar-refractivity contribution in [2.24, 2.45) is 0 Å². The number of carbonyl (C=O) groups is 1. The van der Waals surface area contributed by atoms with Crippen LogP contribution in [-0.2, 0) is 9.53 Å². The smallest absolute Gasteiger partial charge is 0.230 e. The third-order valence-corrected chi connectivity index (χ3v) is 5.28. The minimum atomic E-state index is -0.270. The van der Waals surface area contributed by atoms with Crippen LogP contribution in [0, 0.1) is 5.82 Å². The lowest BCUT2D eigenvalue weighted by atomic mass is 10.1. The predicted octanol–water partition coefficient (Wildman–Crippen LogP) is 3.11. The number of amides is 1. The number of rotatable bonds is 7. The lowest BCUT2D eigenvalue weighted by Crippen LogP contribution is -2.43. The average molecular weight is 374 g/mol. The van der Waals surface area contributed by atoms with Crippen molar-refractivity contribution in [3.8, 4) is 0 Å². The number of hydrogen-bond donors (Lipinski definition) is 1. The summed E-state index contributed by atoms with van der Waals surface area (Å²) in [5, 5.41) is 3.15. The van der Waals surface area contributed by atoms with Crippen LogP contribution in [0.4, 0.5) is 4.39 Å². The molecule has 1 aliphatic rings. The summed E-state index contributed by atoms with van der Waals surface area (Å²) in [6.45, 7) is 3.99. The monoisotopic (exact) mass is 374 g/mol. The zero-order valence-corrected chi connectivity index (χ0v) is 15.4. The van der Waals surface area contributed by atoms with E-state index in [9.17, 15) is 9.18 Å². The van der Waals surface area contributed by atoms with Gasteiger partial charge in [0.1, 0.15) is 5.82 Å². The summed E-state index contributed by atoms with van der Waals surface area (Å²) < 4.78 is 18.4. The molecule has 0 saturated carbocycles. The number of carbonyl (C=O) groups excluding carboxylic acids is 1. The van der Waals surface area contributed by atoms with E-state index in [4.69, 9.17) is 4.74 Å². The second kappa shape index (κ2) is 9.71. The molecule has 0 radical (unpaired) electrons. The minimum Gasteiger partial charge on any atom is -0.379 e. The van der Waals surface area contributed by atoms with E-state index in [-0.39, 0.29) is 17.8 Å². The Morgan fingerprint density at radius 2 is 1.81 bits per heavy atom. The zero-order chi connectivity index (χ0) is 18.2. The highest BCUT2D eigenvalue weighted by Crippen LogP contribution is 2.19. The highest BCUT2D eigenvalue weighted by Gasteiger charge is 2.20. The Morgan fingerprint density at radius 3 is 2.50 bits per heavy atom. The first-order chi connectivity index (χ1) is 12.7. The molecule has 2 aromatic rings. The molecule has 2 aromatic carbocycles. The van der Waals surface area contributed by atoms with Crippen molar-refractivity contribution in [1.29, 1.82) is 0 Å². The van der Waals surface area contributed by atoms with Crippen LogP contribution in [-0.4, -0.2) is 49.4 Å². The van der Waals surface area contributed by atoms with Gasteiger partial charge in [0, 0.05) is 24.5 Å². The summed E-state index contributed by atoms with van der Waals surface area (Å²) in [4.78, 5) is 15.7. The summed E-state index contributed by atoms with van der Waals surface area (Å²) >= 11 is 1.41. The van der Waals surface area contributed by atoms with Crippen molar-refractivity contribution in [2.75, 3.05) is 38.6 Å². The van der Waals surface area contributed by atoms with Gasteiger partial charge in [-0.15, -0.1) is 11.8 Å². The van der Waals surface area contributed by atoms with E-state index >= 15 is 0 Å². The lowest BCUT2D eigenvalue weighted by molar-refractivity contribution is -0.119. The number of nitrogens with one attached hydrogen (secondary N) is 1. The first-order valence-corrected chi connectivity index (χ1v) is 9.72. The Labute approximate surface area is 157 Å². The fourth-order valence-corrected chi connectivity index (χ4v) is 3.59. The Kier molecular flexibility index (Phi) is 7.05. The second-order valence-electron chi connectivity index (χ2n) is 6.19. The number of hydrogen-bond acceptors (Lipinski definition) is 4. The van der Waals surface area contributed by atoms with E-state index in [1.54, 1.807) is 12.1 Å². The molecule has 4 nitrogen and oxygen atoms in total. The zero-order valence-electron chi connectivity index (χ0n) is 14.6. The molecular formula is C20H23FN2O2S. The molecule has 1 amide bonds. The standard InChI is InChI=1S/C20H23FN2O2S/c21-17-6-8-18(9-7-17)26-15-20(24)22-19(16-4-2-1-3-5-16)14-23-10-12-25-13-11-23/h1-9,19H,10-15H2,(H,22,24). The molecule has 1 N–H and O–H groups in total. The van der Waals surface area contributed by atoms with Crippen molar-refractivity contribution in [1.82, 2.24) is 10.2 Å². The van der Waals surface area contributed by atoms with Gasteiger partial charge in [-0.05, 0) is 29.8 Å². The Hall–Kier alpha value is -1.89. The molecule has 6 heteroatoms. The third kappa shape index (κ3) is 5.83. The van der Waals surface area contributed by atoms with Crippen LogP contribution in [0.5, 0.6) is 0 Å². The minimum absolute atomic E-state index is 0.0264. The molecule has 1 atom stereocenters. The number of nitrogens with zero attached hydrogens (tertiary/aromatic N) is 1. The highest BCUT2D eigenvalue weighted by atomic mass is 32.2. The molecule has 1 saturated heterocycles. The van der Waals surface area contributed by atoms with E-state index in [2.05, 4.69) is 10.2 Å². The van der Waals surface area contributed by atoms with Gasteiger partial charge in [0.05, 0.1) is 25.0 Å². The van der Waals surface area contributed by atoms with Crippen LogP contribution in [0.3, 0.4) is 0 Å². The molecule has 1 fully saturated rings. The van der Waals surface area contributed by atoms with E-state index in [0.29, 0.717) is 5.75 Å². The lowest BCUT2D eigenvalue weighted by Gasteiger charge is -2.31. The molecule has 1 heterocycles. The van der Waals surface area contributed by atoms with Crippen LogP contribution in [0.25, 0.3) is 0 Å². The van der Waals surface area contributed by atoms with Crippen LogP contribution >= 0.6 is 11.8 Å². The predicted molar refractivity (Wildman–Crippen MR) is 102 cm³/mol. The van der Waals surface area contributed by atoms with E-state index < -0.39 is 0 Å². The van der Waals surface area contributed by atoms with Gasteiger partial charge >= 0.3 is 0 Å². The Morgan fingerprint density at radius 1 is 1.12 bits per heavy atom. The van der Waals surface area contributed by atoms with E-state index in [0.717, 1.165) is 43.3 Å². The number of morpholine rings is 1. The van der Waals surface area contributed by atoms with Gasteiger partial charge in [0.15, 0.2) is 0 Å². The van der Waals surface area contributed by atoms with Crippen LogP contribution in [0.15, 0.2) is 59.5 Å². The van der Waals surface area contributed by atoms with E-state index in [1.807, 2.05) is 30.3 Å². The topological polar surface area (TPSA) is 41.6 Å². The summed E-state index contributed by atoms with van der Waals surface area (Å²) in [5.41, 5.74) is 1.10. The van der Waals surface area contributed by atoms with E-state index in [1.165, 1.54) is 23.9 Å². The van der Waals surface area contributed by atoms with Gasteiger partial charge in [0.2, 0.25) is 5.91 Å². The molecule has 0 bridgehead atoms. The van der Waals surface area contributed by atoms with Crippen molar-refractivity contribution in [2.45, 2.75) is 10.9 Å². The van der Waals surface area contributed by atoms with Crippen LogP contribution < -0.4 is 5.32 Å². The van der Waals surface area contributed by atoms with Gasteiger partial charge in [-0.2, -0.15) is 0 Å². The molecule has 1 unspecified atom stereocenters. The maximum atomic E-state index is 13.0. The largest absolute Gasteiger partial charge is 0.379 e. The fourth-order valence-electron chi connectivity index (χ4n) is 2.88. The maximum absolute atomic E-state index is 13.0. The quantitative estimate of drug-likeness (QED) is 0.756. The fraction of sp³-hybridized carbons (Fsp3) is 0.350. The molecular weight excluding hydrogens is 351 g/mol. The number of ether oxygens (including phenoxy) is 1. The van der Waals surface area contributed by atoms with Gasteiger partial charge in [0.25, 0.3) is 0 Å². The van der Waals surface area contributed by atoms with Crippen molar-refractivity contribution in [3.05, 3.63) is 66.0 Å². The summed E-state index contributed by atoms with van der Waals surface area (Å²) in [7, 11) is 0. The van der Waals surface area contributed by atoms with Crippen LogP contribution in [0.1, 0.15) is 11.6 Å². The van der Waals surface area contributed by atoms with Crippen LogP contribution in [0.2, 0.25) is 0 Å². The summed E-state index contributed by atoms with van der Waals surface area (Å²) in [5.74, 6) is 0.00725. The van der Waals surface area contributed by atoms with Crippen molar-refractivity contribution < 1.29 is 13.9 Å². The first-order valence-electron chi connectivity index (χ1n) is 8.73. The first kappa shape index (κ1) is 18.9. The molecule has 0 aromatic heterocycles. The molecule has 26 heavy (non-hydrogen) atoms. The van der Waals surface area contributed by atoms with Gasteiger partial charge < -0.3 is 10.1 Å². The van der Waals surface area contributed by atoms with Crippen molar-refractivity contribution >= 4 is 17.7 Å². The Bertz CT molecular complexity index is 691. The normalized spacial score (nSPS) is 16.2. The number of thioether (sulfide) groups is 1. The average Bonchev–Trinajstić information content (AvgIpc) is 2.68. The summed E-state index contributed by atoms with van der Waals surface area (Å²) in [6, 6.07) is 16.2. The molecule has 3 rings (SSSR count). The van der Waals surface area contributed by atoms with Crippen molar-refractivity contribution in [3.63, 3.8) is 0 Å². The highest BCUT2D eigenvalue weighted by molar-refractivity contribution is 8.00. The molecule has 0 spiro atoms. The third-order valence-electron chi connectivity index (χ3n) is 4.27.